The molecule has 0 bridgehead atoms. The normalized spacial score (nSPS) is 30.7. The number of aliphatic hydroxyl groups is 1. The highest BCUT2D eigenvalue weighted by Gasteiger charge is 2.50. The maximum Gasteiger partial charge on any atom is 0.312 e. The fraction of sp³-hybridized carbons (Fsp3) is 0.929. The number of nitrogens with zero attached hydrogens (tertiary/aromatic N) is 1. The number of carbonyl (C=O) groups is 1. The lowest BCUT2D eigenvalue weighted by atomic mass is 9.79. The maximum atomic E-state index is 12.1. The summed E-state index contributed by atoms with van der Waals surface area (Å²) in [5.74, 6) is -0.540. The summed E-state index contributed by atoms with van der Waals surface area (Å²) in [4.78, 5) is 14.4. The molecule has 2 aliphatic rings. The second-order valence-corrected chi connectivity index (χ2v) is 6.03. The Labute approximate surface area is 109 Å². The predicted molar refractivity (Wildman–Crippen MR) is 69.1 cm³/mol. The molecule has 1 aliphatic heterocycles. The van der Waals surface area contributed by atoms with E-state index in [0.717, 1.165) is 6.54 Å². The third-order valence-corrected chi connectivity index (χ3v) is 4.16. The molecule has 18 heavy (non-hydrogen) atoms. The minimum Gasteiger partial charge on any atom is -0.466 e. The molecule has 0 aromatic heterocycles. The molecule has 0 radical (unpaired) electrons. The van der Waals surface area contributed by atoms with Gasteiger partial charge < -0.3 is 9.84 Å². The van der Waals surface area contributed by atoms with E-state index in [2.05, 4.69) is 4.90 Å². The van der Waals surface area contributed by atoms with Crippen molar-refractivity contribution in [2.75, 3.05) is 19.7 Å². The van der Waals surface area contributed by atoms with Gasteiger partial charge in [-0.3, -0.25) is 9.69 Å². The van der Waals surface area contributed by atoms with Crippen molar-refractivity contribution in [1.29, 1.82) is 0 Å². The largest absolute Gasteiger partial charge is 0.466 e. The molecule has 2 rings (SSSR count). The first-order valence-electron chi connectivity index (χ1n) is 7.11. The molecule has 2 atom stereocenters. The Balaban J connectivity index is 2.07. The van der Waals surface area contributed by atoms with Crippen molar-refractivity contribution in [3.05, 3.63) is 0 Å². The predicted octanol–water partition coefficient (Wildman–Crippen LogP) is 1.42. The summed E-state index contributed by atoms with van der Waals surface area (Å²) in [7, 11) is 0. The molecule has 1 saturated carbocycles. The van der Waals surface area contributed by atoms with Gasteiger partial charge in [-0.1, -0.05) is 13.8 Å². The van der Waals surface area contributed by atoms with E-state index in [-0.39, 0.29) is 11.9 Å². The second-order valence-electron chi connectivity index (χ2n) is 6.03. The number of rotatable bonds is 5. The maximum absolute atomic E-state index is 12.1. The summed E-state index contributed by atoms with van der Waals surface area (Å²) < 4.78 is 5.14. The Hall–Kier alpha value is -0.610. The van der Waals surface area contributed by atoms with Crippen molar-refractivity contribution < 1.29 is 14.6 Å². The van der Waals surface area contributed by atoms with Gasteiger partial charge in [-0.2, -0.15) is 0 Å². The van der Waals surface area contributed by atoms with Crippen LogP contribution in [0.5, 0.6) is 0 Å². The van der Waals surface area contributed by atoms with Crippen LogP contribution in [0, 0.1) is 11.8 Å². The highest BCUT2D eigenvalue weighted by atomic mass is 16.5. The molecular formula is C14H25NO3. The van der Waals surface area contributed by atoms with Crippen LogP contribution in [0.2, 0.25) is 0 Å². The Morgan fingerprint density at radius 2 is 2.17 bits per heavy atom. The Morgan fingerprint density at radius 1 is 1.50 bits per heavy atom. The Kier molecular flexibility index (Phi) is 3.97. The molecule has 4 heteroatoms. The van der Waals surface area contributed by atoms with Gasteiger partial charge in [-0.05, 0) is 32.1 Å². The number of likely N-dealkylation sites (tertiary alicyclic amines) is 1. The van der Waals surface area contributed by atoms with Crippen LogP contribution in [-0.2, 0) is 9.53 Å². The Morgan fingerprint density at radius 3 is 2.67 bits per heavy atom. The third kappa shape index (κ3) is 2.69. The second kappa shape index (κ2) is 5.17. The lowest BCUT2D eigenvalue weighted by molar-refractivity contribution is -0.161. The van der Waals surface area contributed by atoms with E-state index in [4.69, 9.17) is 4.74 Å². The van der Waals surface area contributed by atoms with E-state index in [1.165, 1.54) is 12.8 Å². The first-order chi connectivity index (χ1) is 8.48. The topological polar surface area (TPSA) is 49.8 Å². The monoisotopic (exact) mass is 255 g/mol. The van der Waals surface area contributed by atoms with Crippen LogP contribution in [0.15, 0.2) is 0 Å². The number of hydrogen-bond donors (Lipinski definition) is 1. The number of hydrogen-bond acceptors (Lipinski definition) is 4. The summed E-state index contributed by atoms with van der Waals surface area (Å²) in [6.45, 7) is 7.69. The zero-order valence-electron chi connectivity index (χ0n) is 11.7. The van der Waals surface area contributed by atoms with Crippen molar-refractivity contribution in [2.45, 2.75) is 51.7 Å². The number of ether oxygens (including phenoxy) is 1. The number of esters is 1. The van der Waals surface area contributed by atoms with Gasteiger partial charge in [0, 0.05) is 19.1 Å². The van der Waals surface area contributed by atoms with Crippen molar-refractivity contribution >= 4 is 5.97 Å². The molecule has 1 N–H and O–H groups in total. The summed E-state index contributed by atoms with van der Waals surface area (Å²) in [6.07, 6.45) is 3.16. The van der Waals surface area contributed by atoms with E-state index in [9.17, 15) is 9.90 Å². The van der Waals surface area contributed by atoms with E-state index < -0.39 is 11.5 Å². The van der Waals surface area contributed by atoms with E-state index in [1.807, 2.05) is 20.8 Å². The molecule has 104 valence electrons. The summed E-state index contributed by atoms with van der Waals surface area (Å²) in [6, 6.07) is 0.647. The molecule has 0 spiro atoms. The van der Waals surface area contributed by atoms with Crippen LogP contribution in [0.3, 0.4) is 0 Å². The summed E-state index contributed by atoms with van der Waals surface area (Å²) in [5, 5.41) is 10.8. The third-order valence-electron chi connectivity index (χ3n) is 4.16. The van der Waals surface area contributed by atoms with Gasteiger partial charge in [-0.15, -0.1) is 0 Å². The van der Waals surface area contributed by atoms with Crippen molar-refractivity contribution in [2.24, 2.45) is 11.8 Å². The molecule has 1 aliphatic carbocycles. The van der Waals surface area contributed by atoms with Crippen molar-refractivity contribution in [3.63, 3.8) is 0 Å². The summed E-state index contributed by atoms with van der Waals surface area (Å²) >= 11 is 0. The zero-order valence-corrected chi connectivity index (χ0v) is 11.7. The van der Waals surface area contributed by atoms with Gasteiger partial charge in [0.05, 0.1) is 18.1 Å². The lowest BCUT2D eigenvalue weighted by Gasteiger charge is -2.33. The zero-order chi connectivity index (χ0) is 13.3. The van der Waals surface area contributed by atoms with E-state index >= 15 is 0 Å². The first kappa shape index (κ1) is 13.8. The van der Waals surface area contributed by atoms with E-state index in [1.54, 1.807) is 0 Å². The van der Waals surface area contributed by atoms with Crippen LogP contribution in [-0.4, -0.2) is 47.3 Å². The molecule has 1 heterocycles. The average molecular weight is 255 g/mol. The molecule has 0 aromatic carbocycles. The molecule has 0 aromatic rings. The van der Waals surface area contributed by atoms with Crippen LogP contribution < -0.4 is 0 Å². The molecular weight excluding hydrogens is 230 g/mol. The molecule has 1 saturated heterocycles. The average Bonchev–Trinajstić information content (AvgIpc) is 3.03. The van der Waals surface area contributed by atoms with E-state index in [0.29, 0.717) is 25.6 Å². The fourth-order valence-electron chi connectivity index (χ4n) is 3.20. The van der Waals surface area contributed by atoms with Gasteiger partial charge in [0.2, 0.25) is 0 Å². The summed E-state index contributed by atoms with van der Waals surface area (Å²) in [5.41, 5.74) is -0.900. The van der Waals surface area contributed by atoms with Crippen molar-refractivity contribution in [3.8, 4) is 0 Å². The highest BCUT2D eigenvalue weighted by molar-refractivity contribution is 5.74. The first-order valence-corrected chi connectivity index (χ1v) is 7.11. The smallest absolute Gasteiger partial charge is 0.312 e. The molecule has 2 fully saturated rings. The molecule has 0 amide bonds. The van der Waals surface area contributed by atoms with Crippen LogP contribution in [0.25, 0.3) is 0 Å². The van der Waals surface area contributed by atoms with Gasteiger partial charge in [-0.25, -0.2) is 0 Å². The van der Waals surface area contributed by atoms with Crippen LogP contribution >= 0.6 is 0 Å². The fourth-order valence-corrected chi connectivity index (χ4v) is 3.20. The standard InChI is InChI=1S/C14H25NO3/c1-4-18-13(16)12(10(2)3)14(17)7-8-15(9-14)11-5-6-11/h10-12,17H,4-9H2,1-3H3. The molecule has 4 nitrogen and oxygen atoms in total. The van der Waals surface area contributed by atoms with Gasteiger partial charge in [0.25, 0.3) is 0 Å². The quantitative estimate of drug-likeness (QED) is 0.755. The molecule has 2 unspecified atom stereocenters. The highest BCUT2D eigenvalue weighted by Crippen LogP contribution is 2.39. The Bertz CT molecular complexity index is 314. The van der Waals surface area contributed by atoms with Crippen molar-refractivity contribution in [1.82, 2.24) is 4.90 Å². The lowest BCUT2D eigenvalue weighted by Crippen LogP contribution is -2.48. The van der Waals surface area contributed by atoms with Gasteiger partial charge in [0.1, 0.15) is 0 Å². The van der Waals surface area contributed by atoms with Gasteiger partial charge in [0.15, 0.2) is 0 Å². The number of carbonyl (C=O) groups excluding carboxylic acids is 1. The van der Waals surface area contributed by atoms with Crippen LogP contribution in [0.1, 0.15) is 40.0 Å². The minimum absolute atomic E-state index is 0.105. The van der Waals surface area contributed by atoms with Crippen LogP contribution in [0.4, 0.5) is 0 Å². The van der Waals surface area contributed by atoms with Gasteiger partial charge >= 0.3 is 5.97 Å². The SMILES string of the molecule is CCOC(=O)C(C(C)C)C1(O)CCN(C2CC2)C1. The number of β-amino-alcohol motifs (C(OH)–C–C–N with tert-alkyl or cyclic N) is 1. The minimum atomic E-state index is -0.900.